The van der Waals surface area contributed by atoms with Crippen molar-refractivity contribution in [3.63, 3.8) is 0 Å². The van der Waals surface area contributed by atoms with Gasteiger partial charge in [-0.25, -0.2) is 13.8 Å². The molecule has 0 unspecified atom stereocenters. The van der Waals surface area contributed by atoms with E-state index in [-0.39, 0.29) is 12.2 Å². The standard InChI is InChI=1S/C21H29N5O4S/c1-21(2,28)13-26(16-11-22-25(3)12-16)31(29,30)24-20(27)23-19-17-8-4-6-14(17)10-15-7-5-9-18(15)19/h10-12,28H,4-9,13H2,1-3H3,(H2,23,24,27). The van der Waals surface area contributed by atoms with Crippen LogP contribution in [0.5, 0.6) is 0 Å². The van der Waals surface area contributed by atoms with E-state index in [1.54, 1.807) is 7.05 Å². The summed E-state index contributed by atoms with van der Waals surface area (Å²) in [4.78, 5) is 12.8. The predicted octanol–water partition coefficient (Wildman–Crippen LogP) is 2.04. The molecular weight excluding hydrogens is 418 g/mol. The first-order valence-electron chi connectivity index (χ1n) is 10.5. The lowest BCUT2D eigenvalue weighted by Crippen LogP contribution is -2.50. The first-order chi connectivity index (χ1) is 14.5. The van der Waals surface area contributed by atoms with Crippen molar-refractivity contribution in [1.82, 2.24) is 14.5 Å². The Kier molecular flexibility index (Phi) is 5.47. The largest absolute Gasteiger partial charge is 0.389 e. The van der Waals surface area contributed by atoms with Crippen molar-refractivity contribution in [1.29, 1.82) is 0 Å². The van der Waals surface area contributed by atoms with E-state index in [1.807, 2.05) is 0 Å². The quantitative estimate of drug-likeness (QED) is 0.627. The summed E-state index contributed by atoms with van der Waals surface area (Å²) in [6.07, 6.45) is 8.69. The van der Waals surface area contributed by atoms with Crippen LogP contribution in [0.25, 0.3) is 0 Å². The van der Waals surface area contributed by atoms with Gasteiger partial charge in [0.1, 0.15) is 0 Å². The van der Waals surface area contributed by atoms with Gasteiger partial charge in [-0.1, -0.05) is 6.07 Å². The molecule has 1 heterocycles. The molecule has 168 valence electrons. The number of carbonyl (C=O) groups is 1. The molecule has 9 nitrogen and oxygen atoms in total. The third-order valence-electron chi connectivity index (χ3n) is 5.73. The number of hydrogen-bond acceptors (Lipinski definition) is 5. The monoisotopic (exact) mass is 447 g/mol. The minimum absolute atomic E-state index is 0.239. The molecule has 0 saturated heterocycles. The zero-order chi connectivity index (χ0) is 22.4. The molecule has 1 aromatic heterocycles. The second-order valence-electron chi connectivity index (χ2n) is 8.99. The topological polar surface area (TPSA) is 117 Å². The van der Waals surface area contributed by atoms with Gasteiger partial charge < -0.3 is 10.4 Å². The highest BCUT2D eigenvalue weighted by atomic mass is 32.2. The molecule has 0 spiro atoms. The molecule has 0 bridgehead atoms. The fourth-order valence-electron chi connectivity index (χ4n) is 4.48. The van der Waals surface area contributed by atoms with E-state index in [0.717, 1.165) is 59.6 Å². The fourth-order valence-corrected chi connectivity index (χ4v) is 5.74. The Morgan fingerprint density at radius 1 is 1.19 bits per heavy atom. The molecule has 0 atom stereocenters. The highest BCUT2D eigenvalue weighted by Gasteiger charge is 2.32. The van der Waals surface area contributed by atoms with Crippen LogP contribution in [0.3, 0.4) is 0 Å². The summed E-state index contributed by atoms with van der Waals surface area (Å²) in [5.41, 5.74) is 4.44. The molecule has 3 N–H and O–H groups in total. The summed E-state index contributed by atoms with van der Waals surface area (Å²) in [6.45, 7) is 2.77. The second kappa shape index (κ2) is 7.83. The van der Waals surface area contributed by atoms with Crippen LogP contribution in [0.2, 0.25) is 0 Å². The minimum atomic E-state index is -4.28. The van der Waals surface area contributed by atoms with Gasteiger partial charge in [0, 0.05) is 18.9 Å². The number of amides is 2. The van der Waals surface area contributed by atoms with Crippen molar-refractivity contribution >= 4 is 27.6 Å². The van der Waals surface area contributed by atoms with Crippen molar-refractivity contribution in [2.75, 3.05) is 16.2 Å². The maximum atomic E-state index is 13.1. The maximum Gasteiger partial charge on any atom is 0.334 e. The van der Waals surface area contributed by atoms with E-state index in [1.165, 1.54) is 42.0 Å². The van der Waals surface area contributed by atoms with Gasteiger partial charge in [0.25, 0.3) is 0 Å². The van der Waals surface area contributed by atoms with Crippen molar-refractivity contribution in [2.24, 2.45) is 7.05 Å². The summed E-state index contributed by atoms with van der Waals surface area (Å²) >= 11 is 0. The van der Waals surface area contributed by atoms with Crippen molar-refractivity contribution in [3.8, 4) is 0 Å². The summed E-state index contributed by atoms with van der Waals surface area (Å²) in [5.74, 6) is 0. The van der Waals surface area contributed by atoms with E-state index in [2.05, 4.69) is 21.2 Å². The summed E-state index contributed by atoms with van der Waals surface area (Å²) in [5, 5.41) is 17.1. The smallest absolute Gasteiger partial charge is 0.334 e. The minimum Gasteiger partial charge on any atom is -0.389 e. The van der Waals surface area contributed by atoms with Crippen LogP contribution in [0.1, 0.15) is 48.9 Å². The third-order valence-corrected chi connectivity index (χ3v) is 7.10. The molecule has 0 fully saturated rings. The number of nitrogens with zero attached hydrogens (tertiary/aromatic N) is 3. The van der Waals surface area contributed by atoms with Gasteiger partial charge in [0.05, 0.1) is 24.0 Å². The summed E-state index contributed by atoms with van der Waals surface area (Å²) in [7, 11) is -2.62. The van der Waals surface area contributed by atoms with Crippen LogP contribution in [-0.2, 0) is 42.9 Å². The van der Waals surface area contributed by atoms with Crippen LogP contribution < -0.4 is 14.3 Å². The number of benzene rings is 1. The van der Waals surface area contributed by atoms with E-state index in [0.29, 0.717) is 0 Å². The third kappa shape index (κ3) is 4.54. The Balaban J connectivity index is 1.59. The Labute approximate surface area is 182 Å². The first-order valence-corrected chi connectivity index (χ1v) is 12.0. The molecule has 0 aliphatic heterocycles. The van der Waals surface area contributed by atoms with Crippen molar-refractivity contribution in [2.45, 2.75) is 58.0 Å². The van der Waals surface area contributed by atoms with E-state index < -0.39 is 21.8 Å². The number of fused-ring (bicyclic) bond motifs is 2. The van der Waals surface area contributed by atoms with E-state index in [4.69, 9.17) is 0 Å². The number of hydrogen-bond donors (Lipinski definition) is 3. The summed E-state index contributed by atoms with van der Waals surface area (Å²) in [6, 6.07) is 1.44. The first kappa shape index (κ1) is 21.6. The Bertz CT molecular complexity index is 1090. The summed E-state index contributed by atoms with van der Waals surface area (Å²) < 4.78 is 30.7. The number of nitrogens with one attached hydrogen (secondary N) is 2. The lowest BCUT2D eigenvalue weighted by molar-refractivity contribution is 0.0908. The van der Waals surface area contributed by atoms with E-state index >= 15 is 0 Å². The number of aromatic nitrogens is 2. The molecule has 1 aromatic carbocycles. The Morgan fingerprint density at radius 2 is 1.81 bits per heavy atom. The number of rotatable bonds is 6. The number of aryl methyl sites for hydroxylation is 3. The van der Waals surface area contributed by atoms with E-state index in [9.17, 15) is 18.3 Å². The maximum absolute atomic E-state index is 13.1. The second-order valence-corrected chi connectivity index (χ2v) is 10.6. The molecule has 4 rings (SSSR count). The van der Waals surface area contributed by atoms with Gasteiger partial charge in [-0.05, 0) is 74.6 Å². The number of anilines is 2. The number of carbonyl (C=O) groups excluding carboxylic acids is 1. The average Bonchev–Trinajstić information content (AvgIpc) is 3.38. The number of urea groups is 1. The fraction of sp³-hybridized carbons (Fsp3) is 0.524. The van der Waals surface area contributed by atoms with Gasteiger partial charge in [-0.15, -0.1) is 0 Å². The van der Waals surface area contributed by atoms with Crippen molar-refractivity contribution in [3.05, 3.63) is 40.7 Å². The Morgan fingerprint density at radius 3 is 2.32 bits per heavy atom. The van der Waals surface area contributed by atoms with Gasteiger partial charge in [-0.2, -0.15) is 13.5 Å². The van der Waals surface area contributed by atoms with Crippen LogP contribution in [0.15, 0.2) is 18.5 Å². The zero-order valence-electron chi connectivity index (χ0n) is 18.1. The normalized spacial score (nSPS) is 15.5. The van der Waals surface area contributed by atoms with Crippen LogP contribution in [0, 0.1) is 0 Å². The van der Waals surface area contributed by atoms with Gasteiger partial charge in [0.2, 0.25) is 0 Å². The molecule has 10 heteroatoms. The van der Waals surface area contributed by atoms with Gasteiger partial charge >= 0.3 is 16.2 Å². The van der Waals surface area contributed by atoms with Gasteiger partial charge in [0.15, 0.2) is 0 Å². The lowest BCUT2D eigenvalue weighted by Gasteiger charge is -2.29. The molecule has 2 aliphatic carbocycles. The molecule has 2 amide bonds. The highest BCUT2D eigenvalue weighted by molar-refractivity contribution is 7.91. The molecular formula is C21H29N5O4S. The SMILES string of the molecule is Cn1cc(N(CC(C)(C)O)S(=O)(=O)NC(=O)Nc2c3c(cc4c2CCC4)CCC3)cn1. The highest BCUT2D eigenvalue weighted by Crippen LogP contribution is 2.38. The lowest BCUT2D eigenvalue weighted by atomic mass is 9.99. The van der Waals surface area contributed by atoms with Crippen LogP contribution >= 0.6 is 0 Å². The molecule has 31 heavy (non-hydrogen) atoms. The molecule has 0 saturated carbocycles. The zero-order valence-corrected chi connectivity index (χ0v) is 18.9. The predicted molar refractivity (Wildman–Crippen MR) is 118 cm³/mol. The molecule has 0 radical (unpaired) electrons. The Hall–Kier alpha value is -2.59. The molecule has 2 aliphatic rings. The van der Waals surface area contributed by atoms with Gasteiger partial charge in [-0.3, -0.25) is 4.68 Å². The van der Waals surface area contributed by atoms with Crippen LogP contribution in [-0.4, -0.2) is 41.5 Å². The molecule has 2 aromatic rings. The van der Waals surface area contributed by atoms with Crippen molar-refractivity contribution < 1.29 is 18.3 Å². The van der Waals surface area contributed by atoms with Crippen LogP contribution in [0.4, 0.5) is 16.2 Å². The average molecular weight is 448 g/mol. The number of aliphatic hydroxyl groups is 1.